The summed E-state index contributed by atoms with van der Waals surface area (Å²) in [5, 5.41) is 21.5. The van der Waals surface area contributed by atoms with Gasteiger partial charge >= 0.3 is 6.09 Å². The number of aliphatic hydroxyl groups is 1. The first kappa shape index (κ1) is 38.5. The van der Waals surface area contributed by atoms with Gasteiger partial charge in [-0.1, -0.05) is 88.4 Å². The van der Waals surface area contributed by atoms with Gasteiger partial charge in [0.25, 0.3) is 0 Å². The van der Waals surface area contributed by atoms with Gasteiger partial charge in [-0.15, -0.1) is 0 Å². The molecule has 0 fully saturated rings. The number of aliphatic imine (C=N–C) groups is 1. The van der Waals surface area contributed by atoms with Crippen LogP contribution in [0, 0.1) is 11.8 Å². The topological polar surface area (TPSA) is 210 Å². The zero-order chi connectivity index (χ0) is 34.8. The Morgan fingerprint density at radius 1 is 0.809 bits per heavy atom. The van der Waals surface area contributed by atoms with Crippen molar-refractivity contribution < 1.29 is 29.0 Å². The SMILES string of the molecule is CC(C)C[C@H](NC(=O)[C@H](CCCN=C(N)N)NC(=O)OCc1ccccc1)C(=O)N[C@H](CNC(=O)[C@H](O)Cc1ccccc1)C(C)C. The van der Waals surface area contributed by atoms with Crippen LogP contribution in [-0.4, -0.2) is 72.2 Å². The van der Waals surface area contributed by atoms with Crippen LogP contribution >= 0.6 is 0 Å². The van der Waals surface area contributed by atoms with Crippen LogP contribution in [0.1, 0.15) is 58.1 Å². The summed E-state index contributed by atoms with van der Waals surface area (Å²) in [5.41, 5.74) is 12.4. The van der Waals surface area contributed by atoms with Gasteiger partial charge in [0.2, 0.25) is 17.7 Å². The van der Waals surface area contributed by atoms with E-state index in [1.54, 1.807) is 0 Å². The zero-order valence-corrected chi connectivity index (χ0v) is 27.8. The van der Waals surface area contributed by atoms with E-state index in [4.69, 9.17) is 16.2 Å². The number of ether oxygens (including phenoxy) is 1. The number of carbonyl (C=O) groups excluding carboxylic acids is 4. The van der Waals surface area contributed by atoms with Gasteiger partial charge in [0.1, 0.15) is 24.8 Å². The predicted octanol–water partition coefficient (Wildman–Crippen LogP) is 1.73. The lowest BCUT2D eigenvalue weighted by atomic mass is 9.99. The fourth-order valence-electron chi connectivity index (χ4n) is 4.65. The molecule has 0 saturated carbocycles. The second kappa shape index (κ2) is 20.5. The summed E-state index contributed by atoms with van der Waals surface area (Å²) in [7, 11) is 0. The van der Waals surface area contributed by atoms with Crippen molar-refractivity contribution in [2.24, 2.45) is 28.3 Å². The molecule has 0 saturated heterocycles. The van der Waals surface area contributed by atoms with Gasteiger partial charge in [-0.3, -0.25) is 19.4 Å². The van der Waals surface area contributed by atoms with Crippen LogP contribution in [0.4, 0.5) is 4.79 Å². The van der Waals surface area contributed by atoms with E-state index in [-0.39, 0.29) is 50.3 Å². The summed E-state index contributed by atoms with van der Waals surface area (Å²) in [5.74, 6) is -1.67. The van der Waals surface area contributed by atoms with Crippen molar-refractivity contribution in [3.63, 3.8) is 0 Å². The summed E-state index contributed by atoms with van der Waals surface area (Å²) < 4.78 is 5.32. The van der Waals surface area contributed by atoms with Crippen molar-refractivity contribution in [3.05, 3.63) is 71.8 Å². The number of hydrogen-bond donors (Lipinski definition) is 7. The van der Waals surface area contributed by atoms with Crippen LogP contribution in [0.3, 0.4) is 0 Å². The molecule has 9 N–H and O–H groups in total. The Bertz CT molecular complexity index is 1290. The highest BCUT2D eigenvalue weighted by Crippen LogP contribution is 2.10. The summed E-state index contributed by atoms with van der Waals surface area (Å²) >= 11 is 0. The molecule has 2 aromatic rings. The molecule has 4 atom stereocenters. The maximum absolute atomic E-state index is 13.5. The van der Waals surface area contributed by atoms with Crippen molar-refractivity contribution in [1.29, 1.82) is 0 Å². The van der Waals surface area contributed by atoms with E-state index >= 15 is 0 Å². The third-order valence-corrected chi connectivity index (χ3v) is 7.31. The molecule has 2 aromatic carbocycles. The van der Waals surface area contributed by atoms with Crippen molar-refractivity contribution in [2.45, 2.75) is 84.2 Å². The predicted molar refractivity (Wildman–Crippen MR) is 181 cm³/mol. The number of aliphatic hydroxyl groups excluding tert-OH is 1. The number of nitrogens with zero attached hydrogens (tertiary/aromatic N) is 1. The Hall–Kier alpha value is -4.65. The maximum atomic E-state index is 13.5. The second-order valence-electron chi connectivity index (χ2n) is 12.2. The number of hydrogen-bond acceptors (Lipinski definition) is 7. The number of benzene rings is 2. The van der Waals surface area contributed by atoms with Crippen LogP contribution in [0.5, 0.6) is 0 Å². The fraction of sp³-hybridized carbons (Fsp3) is 0.500. The summed E-state index contributed by atoms with van der Waals surface area (Å²) in [6.07, 6.45) is -0.986. The molecule has 0 aliphatic rings. The van der Waals surface area contributed by atoms with Crippen LogP contribution in [0.15, 0.2) is 65.7 Å². The smallest absolute Gasteiger partial charge is 0.408 e. The molecule has 0 aromatic heterocycles. The van der Waals surface area contributed by atoms with E-state index < -0.39 is 48.0 Å². The largest absolute Gasteiger partial charge is 0.445 e. The Balaban J connectivity index is 2.06. The molecule has 13 nitrogen and oxygen atoms in total. The van der Waals surface area contributed by atoms with Gasteiger partial charge in [-0.05, 0) is 42.2 Å². The monoisotopic (exact) mass is 653 g/mol. The highest BCUT2D eigenvalue weighted by molar-refractivity contribution is 5.91. The molecule has 0 heterocycles. The third kappa shape index (κ3) is 15.5. The van der Waals surface area contributed by atoms with Gasteiger partial charge in [-0.25, -0.2) is 4.79 Å². The fourth-order valence-corrected chi connectivity index (χ4v) is 4.65. The van der Waals surface area contributed by atoms with E-state index in [1.807, 2.05) is 88.4 Å². The normalized spacial score (nSPS) is 13.5. The standard InChI is InChI=1S/C34H51N7O6/c1-22(2)18-27(31(44)40-28(23(3)4)20-38-32(45)29(42)19-24-12-7-5-8-13-24)39-30(43)26(16-11-17-37-33(35)36)41-34(46)47-21-25-14-9-6-10-15-25/h5-10,12-15,22-23,26-29,42H,11,16-21H2,1-4H3,(H,38,45)(H,39,43)(H,40,44)(H,41,46)(H4,35,36,37)/t26-,27-,28+,29+/m0/s1. The molecule has 0 spiro atoms. The summed E-state index contributed by atoms with van der Waals surface area (Å²) in [6.45, 7) is 7.97. The number of guanidine groups is 1. The molecule has 0 aliphatic carbocycles. The number of nitrogens with two attached hydrogens (primary N) is 2. The van der Waals surface area contributed by atoms with Gasteiger partial charge in [0.05, 0.1) is 0 Å². The van der Waals surface area contributed by atoms with Gasteiger partial charge in [0, 0.05) is 25.6 Å². The van der Waals surface area contributed by atoms with E-state index in [2.05, 4.69) is 26.3 Å². The molecule has 0 radical (unpaired) electrons. The number of amides is 4. The van der Waals surface area contributed by atoms with Gasteiger partial charge in [0.15, 0.2) is 5.96 Å². The Morgan fingerprint density at radius 2 is 1.40 bits per heavy atom. The second-order valence-corrected chi connectivity index (χ2v) is 12.2. The third-order valence-electron chi connectivity index (χ3n) is 7.31. The number of nitrogens with one attached hydrogen (secondary N) is 4. The molecule has 47 heavy (non-hydrogen) atoms. The molecule has 0 bridgehead atoms. The lowest BCUT2D eigenvalue weighted by Gasteiger charge is -2.28. The van der Waals surface area contributed by atoms with E-state index in [1.165, 1.54) is 0 Å². The highest BCUT2D eigenvalue weighted by atomic mass is 16.5. The lowest BCUT2D eigenvalue weighted by molar-refractivity contribution is -0.131. The minimum atomic E-state index is -1.25. The highest BCUT2D eigenvalue weighted by Gasteiger charge is 2.30. The maximum Gasteiger partial charge on any atom is 0.408 e. The first-order chi connectivity index (χ1) is 22.3. The van der Waals surface area contributed by atoms with E-state index in [0.717, 1.165) is 11.1 Å². The van der Waals surface area contributed by atoms with Crippen LogP contribution in [0.2, 0.25) is 0 Å². The molecule has 0 aliphatic heterocycles. The van der Waals surface area contributed by atoms with Gasteiger partial charge in [-0.2, -0.15) is 0 Å². The molecular weight excluding hydrogens is 602 g/mol. The molecule has 13 heteroatoms. The van der Waals surface area contributed by atoms with Crippen LogP contribution < -0.4 is 32.7 Å². The Kier molecular flexibility index (Phi) is 16.8. The Morgan fingerprint density at radius 3 is 1.98 bits per heavy atom. The molecule has 258 valence electrons. The molecule has 2 rings (SSSR count). The number of rotatable bonds is 19. The van der Waals surface area contributed by atoms with Crippen molar-refractivity contribution in [2.75, 3.05) is 13.1 Å². The minimum absolute atomic E-state index is 0.0177. The lowest BCUT2D eigenvalue weighted by Crippen LogP contribution is -2.57. The van der Waals surface area contributed by atoms with Gasteiger partial charge < -0.3 is 42.6 Å². The van der Waals surface area contributed by atoms with Crippen molar-refractivity contribution >= 4 is 29.8 Å². The van der Waals surface area contributed by atoms with E-state index in [9.17, 15) is 24.3 Å². The quantitative estimate of drug-likeness (QED) is 0.0673. The number of alkyl carbamates (subject to hydrolysis) is 1. The zero-order valence-electron chi connectivity index (χ0n) is 27.8. The average Bonchev–Trinajstić information content (AvgIpc) is 3.03. The van der Waals surface area contributed by atoms with Crippen LogP contribution in [-0.2, 0) is 32.1 Å². The molecule has 4 amide bonds. The summed E-state index contributed by atoms with van der Waals surface area (Å²) in [4.78, 5) is 56.3. The first-order valence-electron chi connectivity index (χ1n) is 16.0. The summed E-state index contributed by atoms with van der Waals surface area (Å²) in [6, 6.07) is 15.9. The minimum Gasteiger partial charge on any atom is -0.445 e. The Labute approximate surface area is 277 Å². The van der Waals surface area contributed by atoms with Crippen molar-refractivity contribution in [3.8, 4) is 0 Å². The first-order valence-corrected chi connectivity index (χ1v) is 16.0. The number of carbonyl (C=O) groups is 4. The van der Waals surface area contributed by atoms with Crippen LogP contribution in [0.25, 0.3) is 0 Å². The van der Waals surface area contributed by atoms with Crippen molar-refractivity contribution in [1.82, 2.24) is 21.3 Å². The molecular formula is C34H51N7O6. The average molecular weight is 654 g/mol. The molecule has 0 unspecified atom stereocenters. The van der Waals surface area contributed by atoms with E-state index in [0.29, 0.717) is 12.8 Å².